The zero-order valence-electron chi connectivity index (χ0n) is 15.5. The van der Waals surface area contributed by atoms with E-state index in [2.05, 4.69) is 10.3 Å². The number of rotatable bonds is 5. The molecule has 1 aliphatic carbocycles. The van der Waals surface area contributed by atoms with Gasteiger partial charge in [0.1, 0.15) is 5.52 Å². The van der Waals surface area contributed by atoms with Gasteiger partial charge in [0.2, 0.25) is 11.9 Å². The molecule has 0 aliphatic heterocycles. The Morgan fingerprint density at radius 1 is 1.25 bits per heavy atom. The molecule has 7 heteroatoms. The molecule has 0 radical (unpaired) electrons. The lowest BCUT2D eigenvalue weighted by Crippen LogP contribution is -2.30. The molecule has 1 saturated carbocycles. The first-order valence-electron chi connectivity index (χ1n) is 9.30. The van der Waals surface area contributed by atoms with E-state index in [0.717, 1.165) is 25.3 Å². The highest BCUT2D eigenvalue weighted by Crippen LogP contribution is 2.38. The highest BCUT2D eigenvalue weighted by molar-refractivity contribution is 5.92. The van der Waals surface area contributed by atoms with E-state index < -0.39 is 23.1 Å². The number of carbonyl (C=O) groups excluding carboxylic acids is 1. The van der Waals surface area contributed by atoms with E-state index in [4.69, 9.17) is 0 Å². The molecule has 28 heavy (non-hydrogen) atoms. The van der Waals surface area contributed by atoms with Gasteiger partial charge in [-0.05, 0) is 43.9 Å². The highest BCUT2D eigenvalue weighted by atomic mass is 19.2. The minimum atomic E-state index is -1.37. The molecule has 0 bridgehead atoms. The second kappa shape index (κ2) is 6.98. The van der Waals surface area contributed by atoms with Gasteiger partial charge in [0.15, 0.2) is 11.6 Å². The first-order valence-corrected chi connectivity index (χ1v) is 9.30. The number of benzene rings is 2. The fourth-order valence-electron chi connectivity index (χ4n) is 3.59. The number of anilines is 1. The van der Waals surface area contributed by atoms with E-state index in [0.29, 0.717) is 5.56 Å². The van der Waals surface area contributed by atoms with Gasteiger partial charge in [-0.25, -0.2) is 13.8 Å². The van der Waals surface area contributed by atoms with E-state index >= 15 is 0 Å². The number of aromatic nitrogens is 2. The molecular formula is C21H21F2N3O2. The average molecular weight is 385 g/mol. The maximum absolute atomic E-state index is 14.4. The molecule has 0 saturated heterocycles. The molecule has 2 N–H and O–H groups in total. The van der Waals surface area contributed by atoms with Crippen LogP contribution in [0.4, 0.5) is 14.7 Å². The standard InChI is InChI=1S/C21H21F2N3O2/c1-21(28,13-6-3-2-4-7-13)12-17(27)25-20-24-16-11-10-15(22)18(23)19(16)26(20)14-8-5-9-14/h2-4,6-7,10-11,14,28H,5,8-9,12H2,1H3,(H,24,25,27). The molecule has 5 nitrogen and oxygen atoms in total. The number of aliphatic hydroxyl groups is 1. The van der Waals surface area contributed by atoms with Crippen molar-refractivity contribution < 1.29 is 18.7 Å². The van der Waals surface area contributed by atoms with Gasteiger partial charge in [-0.1, -0.05) is 30.3 Å². The van der Waals surface area contributed by atoms with Crippen LogP contribution in [0.5, 0.6) is 0 Å². The van der Waals surface area contributed by atoms with Crippen LogP contribution in [0.1, 0.15) is 44.2 Å². The zero-order valence-corrected chi connectivity index (χ0v) is 15.5. The monoisotopic (exact) mass is 385 g/mol. The highest BCUT2D eigenvalue weighted by Gasteiger charge is 2.30. The Bertz CT molecular complexity index is 1030. The molecule has 1 atom stereocenters. The third kappa shape index (κ3) is 3.26. The average Bonchev–Trinajstić information content (AvgIpc) is 2.95. The second-order valence-corrected chi connectivity index (χ2v) is 7.48. The molecular weight excluding hydrogens is 364 g/mol. The number of halogens is 2. The van der Waals surface area contributed by atoms with Crippen LogP contribution in [0, 0.1) is 11.6 Å². The van der Waals surface area contributed by atoms with Crippen molar-refractivity contribution in [2.24, 2.45) is 0 Å². The van der Waals surface area contributed by atoms with Crippen molar-refractivity contribution in [2.75, 3.05) is 5.32 Å². The molecule has 1 fully saturated rings. The van der Waals surface area contributed by atoms with Gasteiger partial charge in [-0.2, -0.15) is 0 Å². The van der Waals surface area contributed by atoms with Crippen molar-refractivity contribution in [2.45, 2.75) is 44.2 Å². The third-order valence-electron chi connectivity index (χ3n) is 5.33. The van der Waals surface area contributed by atoms with Crippen molar-refractivity contribution in [1.29, 1.82) is 0 Å². The van der Waals surface area contributed by atoms with Crippen LogP contribution in [0.3, 0.4) is 0 Å². The Morgan fingerprint density at radius 3 is 2.61 bits per heavy atom. The lowest BCUT2D eigenvalue weighted by molar-refractivity contribution is -0.120. The van der Waals surface area contributed by atoms with Crippen LogP contribution in [-0.2, 0) is 10.4 Å². The maximum atomic E-state index is 14.4. The predicted octanol–water partition coefficient (Wildman–Crippen LogP) is 4.28. The van der Waals surface area contributed by atoms with Crippen LogP contribution in [0.15, 0.2) is 42.5 Å². The number of imidazole rings is 1. The van der Waals surface area contributed by atoms with Crippen molar-refractivity contribution in [1.82, 2.24) is 9.55 Å². The number of fused-ring (bicyclic) bond motifs is 1. The maximum Gasteiger partial charge on any atom is 0.229 e. The topological polar surface area (TPSA) is 67.2 Å². The Labute approximate surface area is 161 Å². The van der Waals surface area contributed by atoms with Gasteiger partial charge in [0, 0.05) is 6.04 Å². The molecule has 1 heterocycles. The SMILES string of the molecule is CC(O)(CC(=O)Nc1nc2ccc(F)c(F)c2n1C1CCC1)c1ccccc1. The predicted molar refractivity (Wildman–Crippen MR) is 102 cm³/mol. The van der Waals surface area contributed by atoms with Gasteiger partial charge in [-0.3, -0.25) is 10.1 Å². The number of carbonyl (C=O) groups is 1. The van der Waals surface area contributed by atoms with Crippen molar-refractivity contribution >= 4 is 22.9 Å². The third-order valence-corrected chi connectivity index (χ3v) is 5.33. The van der Waals surface area contributed by atoms with E-state index in [-0.39, 0.29) is 29.4 Å². The van der Waals surface area contributed by atoms with Crippen LogP contribution >= 0.6 is 0 Å². The Morgan fingerprint density at radius 2 is 1.96 bits per heavy atom. The molecule has 146 valence electrons. The summed E-state index contributed by atoms with van der Waals surface area (Å²) in [5.74, 6) is -2.18. The summed E-state index contributed by atoms with van der Waals surface area (Å²) >= 11 is 0. The summed E-state index contributed by atoms with van der Waals surface area (Å²) in [5, 5.41) is 13.4. The molecule has 2 aromatic carbocycles. The molecule has 1 unspecified atom stereocenters. The van der Waals surface area contributed by atoms with Gasteiger partial charge in [-0.15, -0.1) is 0 Å². The Kier molecular flexibility index (Phi) is 4.63. The number of hydrogen-bond acceptors (Lipinski definition) is 3. The molecule has 0 spiro atoms. The van der Waals surface area contributed by atoms with Gasteiger partial charge >= 0.3 is 0 Å². The first-order chi connectivity index (χ1) is 13.4. The molecule has 4 rings (SSSR count). The van der Waals surface area contributed by atoms with E-state index in [1.165, 1.54) is 6.07 Å². The number of hydrogen-bond donors (Lipinski definition) is 2. The fourth-order valence-corrected chi connectivity index (χ4v) is 3.59. The summed E-state index contributed by atoms with van der Waals surface area (Å²) in [6.07, 6.45) is 2.41. The van der Waals surface area contributed by atoms with Crippen molar-refractivity contribution in [3.05, 3.63) is 59.7 Å². The minimum Gasteiger partial charge on any atom is -0.385 e. The Balaban J connectivity index is 1.64. The molecule has 1 aromatic heterocycles. The minimum absolute atomic E-state index is 0.0359. The van der Waals surface area contributed by atoms with Crippen LogP contribution in [0.25, 0.3) is 11.0 Å². The van der Waals surface area contributed by atoms with Gasteiger partial charge < -0.3 is 9.67 Å². The van der Waals surface area contributed by atoms with E-state index in [1.54, 1.807) is 35.8 Å². The van der Waals surface area contributed by atoms with Gasteiger partial charge in [0.25, 0.3) is 0 Å². The summed E-state index contributed by atoms with van der Waals surface area (Å²) in [7, 11) is 0. The van der Waals surface area contributed by atoms with Crippen molar-refractivity contribution in [3.63, 3.8) is 0 Å². The summed E-state index contributed by atoms with van der Waals surface area (Å²) in [4.78, 5) is 16.9. The lowest BCUT2D eigenvalue weighted by atomic mass is 9.92. The zero-order chi connectivity index (χ0) is 19.9. The summed E-state index contributed by atoms with van der Waals surface area (Å²) in [6.45, 7) is 1.56. The summed E-state index contributed by atoms with van der Waals surface area (Å²) in [5.41, 5.74) is -0.396. The largest absolute Gasteiger partial charge is 0.385 e. The van der Waals surface area contributed by atoms with Crippen molar-refractivity contribution in [3.8, 4) is 0 Å². The summed E-state index contributed by atoms with van der Waals surface area (Å²) in [6, 6.07) is 11.3. The second-order valence-electron chi connectivity index (χ2n) is 7.48. The first kappa shape index (κ1) is 18.6. The number of nitrogens with one attached hydrogen (secondary N) is 1. The van der Waals surface area contributed by atoms with Crippen LogP contribution in [0.2, 0.25) is 0 Å². The molecule has 1 amide bonds. The smallest absolute Gasteiger partial charge is 0.229 e. The molecule has 3 aromatic rings. The molecule has 1 aliphatic rings. The van der Waals surface area contributed by atoms with E-state index in [9.17, 15) is 18.7 Å². The Hall–Kier alpha value is -2.80. The van der Waals surface area contributed by atoms with E-state index in [1.807, 2.05) is 6.07 Å². The number of amides is 1. The van der Waals surface area contributed by atoms with Gasteiger partial charge in [0.05, 0.1) is 17.5 Å². The fraction of sp³-hybridized carbons (Fsp3) is 0.333. The lowest BCUT2D eigenvalue weighted by Gasteiger charge is -2.29. The number of nitrogens with zero attached hydrogens (tertiary/aromatic N) is 2. The van der Waals surface area contributed by atoms with Crippen LogP contribution in [-0.4, -0.2) is 20.6 Å². The quantitative estimate of drug-likeness (QED) is 0.689. The van der Waals surface area contributed by atoms with Crippen LogP contribution < -0.4 is 5.32 Å². The summed E-state index contributed by atoms with van der Waals surface area (Å²) < 4.78 is 29.8. The normalized spacial score (nSPS) is 16.6.